The number of ether oxygens (including phenoxy) is 1. The largest absolute Gasteiger partial charge is 0.377 e. The molecule has 0 bridgehead atoms. The summed E-state index contributed by atoms with van der Waals surface area (Å²) in [6, 6.07) is -0.406. The van der Waals surface area contributed by atoms with Crippen LogP contribution in [0.5, 0.6) is 0 Å². The lowest BCUT2D eigenvalue weighted by atomic mass is 10.00. The summed E-state index contributed by atoms with van der Waals surface area (Å²) in [5.74, 6) is -0.0243. The van der Waals surface area contributed by atoms with Gasteiger partial charge in [-0.25, -0.2) is 0 Å². The van der Waals surface area contributed by atoms with Gasteiger partial charge in [0.05, 0.1) is 19.1 Å². The molecule has 2 amide bonds. The normalized spacial score (nSPS) is 24.8. The van der Waals surface area contributed by atoms with Gasteiger partial charge in [-0.2, -0.15) is 0 Å². The monoisotopic (exact) mass is 255 g/mol. The minimum absolute atomic E-state index is 0.0254. The van der Waals surface area contributed by atoms with Crippen LogP contribution < -0.4 is 10.6 Å². The summed E-state index contributed by atoms with van der Waals surface area (Å²) < 4.78 is 5.33. The SMILES string of the molecule is CC(C)NC(=O)C1COCCN1C(=O)C1CNC1. The lowest BCUT2D eigenvalue weighted by molar-refractivity contribution is -0.152. The first-order valence-electron chi connectivity index (χ1n) is 6.49. The summed E-state index contributed by atoms with van der Waals surface area (Å²) >= 11 is 0. The highest BCUT2D eigenvalue weighted by Crippen LogP contribution is 2.15. The van der Waals surface area contributed by atoms with Gasteiger partial charge in [-0.3, -0.25) is 9.59 Å². The lowest BCUT2D eigenvalue weighted by Crippen LogP contribution is -2.61. The second-order valence-electron chi connectivity index (χ2n) is 5.14. The Bertz CT molecular complexity index is 329. The van der Waals surface area contributed by atoms with Crippen LogP contribution in [0.2, 0.25) is 0 Å². The summed E-state index contributed by atoms with van der Waals surface area (Å²) in [4.78, 5) is 26.0. The highest BCUT2D eigenvalue weighted by molar-refractivity contribution is 5.89. The Kier molecular flexibility index (Phi) is 4.19. The van der Waals surface area contributed by atoms with Crippen LogP contribution in [0.3, 0.4) is 0 Å². The maximum Gasteiger partial charge on any atom is 0.245 e. The van der Waals surface area contributed by atoms with Gasteiger partial charge in [0, 0.05) is 25.7 Å². The molecule has 2 rings (SSSR count). The van der Waals surface area contributed by atoms with Crippen molar-refractivity contribution in [1.82, 2.24) is 15.5 Å². The summed E-state index contributed by atoms with van der Waals surface area (Å²) in [5.41, 5.74) is 0. The fourth-order valence-corrected chi connectivity index (χ4v) is 2.16. The first kappa shape index (κ1) is 13.3. The number of morpholine rings is 1. The molecule has 2 fully saturated rings. The van der Waals surface area contributed by atoms with Crippen molar-refractivity contribution in [3.8, 4) is 0 Å². The number of hydrogen-bond donors (Lipinski definition) is 2. The third-order valence-electron chi connectivity index (χ3n) is 3.28. The number of nitrogens with one attached hydrogen (secondary N) is 2. The Morgan fingerprint density at radius 1 is 1.39 bits per heavy atom. The van der Waals surface area contributed by atoms with Gasteiger partial charge in [0.1, 0.15) is 6.04 Å². The number of rotatable bonds is 3. The topological polar surface area (TPSA) is 70.7 Å². The zero-order valence-electron chi connectivity index (χ0n) is 10.9. The molecule has 6 heteroatoms. The van der Waals surface area contributed by atoms with Crippen LogP contribution in [0.4, 0.5) is 0 Å². The molecular formula is C12H21N3O3. The number of nitrogens with zero attached hydrogens (tertiary/aromatic N) is 1. The molecule has 2 heterocycles. The Morgan fingerprint density at radius 2 is 2.11 bits per heavy atom. The van der Waals surface area contributed by atoms with E-state index in [0.717, 1.165) is 0 Å². The second-order valence-corrected chi connectivity index (χ2v) is 5.14. The molecule has 2 aliphatic rings. The van der Waals surface area contributed by atoms with E-state index in [1.165, 1.54) is 0 Å². The minimum atomic E-state index is -0.478. The fraction of sp³-hybridized carbons (Fsp3) is 0.833. The summed E-state index contributed by atoms with van der Waals surface area (Å²) in [6.07, 6.45) is 0. The number of amides is 2. The van der Waals surface area contributed by atoms with E-state index >= 15 is 0 Å². The first-order chi connectivity index (χ1) is 8.59. The summed E-state index contributed by atoms with van der Waals surface area (Å²) in [6.45, 7) is 6.56. The van der Waals surface area contributed by atoms with Crippen molar-refractivity contribution in [2.24, 2.45) is 5.92 Å². The zero-order chi connectivity index (χ0) is 13.1. The molecule has 0 aromatic carbocycles. The molecule has 0 radical (unpaired) electrons. The molecular weight excluding hydrogens is 234 g/mol. The maximum atomic E-state index is 12.2. The van der Waals surface area contributed by atoms with Crippen molar-refractivity contribution >= 4 is 11.8 Å². The van der Waals surface area contributed by atoms with Crippen LogP contribution in [0.1, 0.15) is 13.8 Å². The molecule has 102 valence electrons. The van der Waals surface area contributed by atoms with Gasteiger partial charge in [-0.15, -0.1) is 0 Å². The van der Waals surface area contributed by atoms with Crippen LogP contribution in [0.15, 0.2) is 0 Å². The van der Waals surface area contributed by atoms with E-state index in [1.54, 1.807) is 4.90 Å². The Labute approximate surface area is 107 Å². The lowest BCUT2D eigenvalue weighted by Gasteiger charge is -2.39. The van der Waals surface area contributed by atoms with Gasteiger partial charge in [-0.05, 0) is 13.8 Å². The summed E-state index contributed by atoms with van der Waals surface area (Å²) in [5, 5.41) is 5.92. The smallest absolute Gasteiger partial charge is 0.245 e. The predicted molar refractivity (Wildman–Crippen MR) is 66.0 cm³/mol. The molecule has 0 saturated carbocycles. The van der Waals surface area contributed by atoms with E-state index in [2.05, 4.69) is 10.6 Å². The molecule has 2 saturated heterocycles. The molecule has 0 spiro atoms. The number of carbonyl (C=O) groups excluding carboxylic acids is 2. The van der Waals surface area contributed by atoms with Gasteiger partial charge in [0.25, 0.3) is 0 Å². The van der Waals surface area contributed by atoms with Gasteiger partial charge in [0.15, 0.2) is 0 Å². The molecule has 0 aromatic rings. The van der Waals surface area contributed by atoms with Gasteiger partial charge < -0.3 is 20.3 Å². The number of hydrogen-bond acceptors (Lipinski definition) is 4. The quantitative estimate of drug-likeness (QED) is 0.675. The van der Waals surface area contributed by atoms with Crippen LogP contribution >= 0.6 is 0 Å². The Hall–Kier alpha value is -1.14. The van der Waals surface area contributed by atoms with E-state index < -0.39 is 6.04 Å². The fourth-order valence-electron chi connectivity index (χ4n) is 2.16. The van der Waals surface area contributed by atoms with Crippen LogP contribution in [-0.4, -0.2) is 61.6 Å². The van der Waals surface area contributed by atoms with E-state index in [4.69, 9.17) is 4.74 Å². The zero-order valence-corrected chi connectivity index (χ0v) is 10.9. The highest BCUT2D eigenvalue weighted by atomic mass is 16.5. The van der Waals surface area contributed by atoms with Crippen LogP contribution in [0, 0.1) is 5.92 Å². The van der Waals surface area contributed by atoms with E-state index in [-0.39, 0.29) is 23.8 Å². The average molecular weight is 255 g/mol. The van der Waals surface area contributed by atoms with Gasteiger partial charge >= 0.3 is 0 Å². The van der Waals surface area contributed by atoms with Crippen molar-refractivity contribution in [3.63, 3.8) is 0 Å². The van der Waals surface area contributed by atoms with Crippen molar-refractivity contribution in [1.29, 1.82) is 0 Å². The van der Waals surface area contributed by atoms with Crippen molar-refractivity contribution in [2.45, 2.75) is 25.9 Å². The minimum Gasteiger partial charge on any atom is -0.377 e. The molecule has 1 atom stereocenters. The standard InChI is InChI=1S/C12H21N3O3/c1-8(2)14-11(16)10-7-18-4-3-15(10)12(17)9-5-13-6-9/h8-10,13H,3-7H2,1-2H3,(H,14,16). The van der Waals surface area contributed by atoms with Crippen LogP contribution in [-0.2, 0) is 14.3 Å². The number of carbonyl (C=O) groups is 2. The molecule has 2 N–H and O–H groups in total. The van der Waals surface area contributed by atoms with Gasteiger partial charge in [-0.1, -0.05) is 0 Å². The molecule has 0 aliphatic carbocycles. The van der Waals surface area contributed by atoms with E-state index in [0.29, 0.717) is 32.8 Å². The highest BCUT2D eigenvalue weighted by Gasteiger charge is 2.37. The second kappa shape index (κ2) is 5.67. The average Bonchev–Trinajstić information content (AvgIpc) is 2.25. The molecule has 18 heavy (non-hydrogen) atoms. The first-order valence-corrected chi connectivity index (χ1v) is 6.49. The van der Waals surface area contributed by atoms with Crippen LogP contribution in [0.25, 0.3) is 0 Å². The molecule has 6 nitrogen and oxygen atoms in total. The summed E-state index contributed by atoms with van der Waals surface area (Å²) in [7, 11) is 0. The third-order valence-corrected chi connectivity index (χ3v) is 3.28. The van der Waals surface area contributed by atoms with Gasteiger partial charge in [0.2, 0.25) is 11.8 Å². The third kappa shape index (κ3) is 2.81. The Morgan fingerprint density at radius 3 is 2.67 bits per heavy atom. The Balaban J connectivity index is 2.00. The molecule has 0 aromatic heterocycles. The van der Waals surface area contributed by atoms with Crippen molar-refractivity contribution in [3.05, 3.63) is 0 Å². The maximum absolute atomic E-state index is 12.2. The van der Waals surface area contributed by atoms with E-state index in [1.807, 2.05) is 13.8 Å². The van der Waals surface area contributed by atoms with Crippen molar-refractivity contribution in [2.75, 3.05) is 32.8 Å². The van der Waals surface area contributed by atoms with Crippen molar-refractivity contribution < 1.29 is 14.3 Å². The molecule has 2 aliphatic heterocycles. The predicted octanol–water partition coefficient (Wildman–Crippen LogP) is -1.04. The molecule has 1 unspecified atom stereocenters. The van der Waals surface area contributed by atoms with E-state index in [9.17, 15) is 9.59 Å².